The number of aromatic nitrogens is 1. The monoisotopic (exact) mass is 283 g/mol. The molecule has 0 aliphatic carbocycles. The van der Waals surface area contributed by atoms with Crippen molar-refractivity contribution < 1.29 is 9.59 Å². The van der Waals surface area contributed by atoms with Crippen molar-refractivity contribution in [2.24, 2.45) is 0 Å². The predicted octanol–water partition coefficient (Wildman–Crippen LogP) is 0.452. The first-order valence-electron chi connectivity index (χ1n) is 6.30. The van der Waals surface area contributed by atoms with E-state index in [4.69, 9.17) is 0 Å². The molecule has 19 heavy (non-hydrogen) atoms. The van der Waals surface area contributed by atoms with Gasteiger partial charge in [0.25, 0.3) is 0 Å². The fourth-order valence-electron chi connectivity index (χ4n) is 2.16. The largest absolute Gasteiger partial charge is 0.343 e. The summed E-state index contributed by atoms with van der Waals surface area (Å²) in [5.74, 6) is -0.225. The lowest BCUT2D eigenvalue weighted by molar-refractivity contribution is -0.149. The Kier molecular flexibility index (Phi) is 4.04. The highest BCUT2D eigenvalue weighted by molar-refractivity contribution is 7.07. The first-order valence-corrected chi connectivity index (χ1v) is 7.18. The number of H-pyrrole nitrogens is 1. The fraction of sp³-hybridized carbons (Fsp3) is 0.583. The number of hydrogen-bond acceptors (Lipinski definition) is 4. The topological polar surface area (TPSA) is 82.3 Å². The van der Waals surface area contributed by atoms with Crippen LogP contribution < -0.4 is 10.2 Å². The molecule has 7 heteroatoms. The Balaban J connectivity index is 2.17. The molecule has 104 valence electrons. The van der Waals surface area contributed by atoms with E-state index < -0.39 is 12.1 Å². The second-order valence-corrected chi connectivity index (χ2v) is 5.51. The summed E-state index contributed by atoms with van der Waals surface area (Å²) in [4.78, 5) is 39.3. The van der Waals surface area contributed by atoms with Crippen LogP contribution in [0.15, 0.2) is 10.2 Å². The van der Waals surface area contributed by atoms with Crippen molar-refractivity contribution in [1.29, 1.82) is 0 Å². The number of thiazole rings is 1. The van der Waals surface area contributed by atoms with Crippen LogP contribution in [0.3, 0.4) is 0 Å². The molecule has 1 saturated heterocycles. The number of rotatable bonds is 4. The number of carbonyl (C=O) groups excluding carboxylic acids is 2. The minimum atomic E-state index is -0.510. The molecular weight excluding hydrogens is 266 g/mol. The number of aromatic amines is 1. The van der Waals surface area contributed by atoms with Crippen LogP contribution in [0, 0.1) is 0 Å². The second kappa shape index (κ2) is 5.56. The molecule has 2 rings (SSSR count). The molecule has 1 fully saturated rings. The summed E-state index contributed by atoms with van der Waals surface area (Å²) < 4.78 is 0. The Morgan fingerprint density at radius 2 is 2.11 bits per heavy atom. The molecule has 1 aliphatic rings. The van der Waals surface area contributed by atoms with Gasteiger partial charge in [0.2, 0.25) is 11.8 Å². The van der Waals surface area contributed by atoms with E-state index in [9.17, 15) is 14.4 Å². The Hall–Kier alpha value is -1.63. The van der Waals surface area contributed by atoms with Crippen LogP contribution in [-0.2, 0) is 16.1 Å². The van der Waals surface area contributed by atoms with E-state index in [0.717, 1.165) is 17.8 Å². The van der Waals surface area contributed by atoms with E-state index in [1.165, 1.54) is 4.90 Å². The van der Waals surface area contributed by atoms with Crippen LogP contribution in [0.25, 0.3) is 0 Å². The maximum atomic E-state index is 12.3. The zero-order chi connectivity index (χ0) is 14.0. The van der Waals surface area contributed by atoms with E-state index in [2.05, 4.69) is 10.3 Å². The molecule has 0 spiro atoms. The third kappa shape index (κ3) is 2.86. The van der Waals surface area contributed by atoms with Gasteiger partial charge in [0.1, 0.15) is 12.1 Å². The Labute approximate surface area is 114 Å². The zero-order valence-electron chi connectivity index (χ0n) is 10.9. The van der Waals surface area contributed by atoms with Crippen LogP contribution in [-0.4, -0.2) is 33.8 Å². The van der Waals surface area contributed by atoms with E-state index >= 15 is 0 Å². The summed E-state index contributed by atoms with van der Waals surface area (Å²) in [6, 6.07) is -0.955. The molecule has 2 amide bonds. The summed E-state index contributed by atoms with van der Waals surface area (Å²) in [5.41, 5.74) is 0.667. The lowest BCUT2D eigenvalue weighted by Gasteiger charge is -2.37. The molecule has 1 aromatic rings. The third-order valence-electron chi connectivity index (χ3n) is 3.23. The summed E-state index contributed by atoms with van der Waals surface area (Å²) in [6.07, 6.45) is 1.46. The number of nitrogens with zero attached hydrogens (tertiary/aromatic N) is 1. The average Bonchev–Trinajstić information content (AvgIpc) is 2.77. The lowest BCUT2D eigenvalue weighted by atomic mass is 10.0. The smallest absolute Gasteiger partial charge is 0.304 e. The number of amides is 2. The Morgan fingerprint density at radius 3 is 2.68 bits per heavy atom. The number of carbonyl (C=O) groups is 2. The van der Waals surface area contributed by atoms with E-state index in [0.29, 0.717) is 12.1 Å². The summed E-state index contributed by atoms with van der Waals surface area (Å²) in [6.45, 7) is 3.93. The van der Waals surface area contributed by atoms with Gasteiger partial charge in [0.05, 0.1) is 6.54 Å². The molecule has 1 aromatic heterocycles. The summed E-state index contributed by atoms with van der Waals surface area (Å²) >= 11 is 1.06. The highest BCUT2D eigenvalue weighted by atomic mass is 32.1. The van der Waals surface area contributed by atoms with Crippen LogP contribution >= 0.6 is 11.3 Å². The molecule has 0 radical (unpaired) electrons. The van der Waals surface area contributed by atoms with Gasteiger partial charge < -0.3 is 15.2 Å². The van der Waals surface area contributed by atoms with Crippen LogP contribution in [0.2, 0.25) is 0 Å². The van der Waals surface area contributed by atoms with Gasteiger partial charge in [-0.3, -0.25) is 14.4 Å². The van der Waals surface area contributed by atoms with Crippen molar-refractivity contribution in [3.8, 4) is 0 Å². The highest BCUT2D eigenvalue weighted by Gasteiger charge is 2.37. The minimum absolute atomic E-state index is 0.0824. The molecule has 2 heterocycles. The van der Waals surface area contributed by atoms with Crippen LogP contribution in [0.1, 0.15) is 32.4 Å². The van der Waals surface area contributed by atoms with Crippen molar-refractivity contribution in [3.63, 3.8) is 0 Å². The molecule has 2 atom stereocenters. The predicted molar refractivity (Wildman–Crippen MR) is 71.8 cm³/mol. The number of piperazine rings is 1. The van der Waals surface area contributed by atoms with E-state index in [1.807, 2.05) is 6.92 Å². The Bertz CT molecular complexity index is 536. The SMILES string of the molecule is CCCC1NC(=O)C(C)N(Cc2csc(=O)[nH]2)C1=O. The number of nitrogens with one attached hydrogen (secondary N) is 2. The Morgan fingerprint density at radius 1 is 1.37 bits per heavy atom. The molecule has 2 unspecified atom stereocenters. The molecule has 1 aliphatic heterocycles. The molecule has 6 nitrogen and oxygen atoms in total. The quantitative estimate of drug-likeness (QED) is 0.842. The highest BCUT2D eigenvalue weighted by Crippen LogP contribution is 2.16. The van der Waals surface area contributed by atoms with Gasteiger partial charge >= 0.3 is 4.87 Å². The summed E-state index contributed by atoms with van der Waals surface area (Å²) in [5, 5.41) is 4.42. The second-order valence-electron chi connectivity index (χ2n) is 4.67. The van der Waals surface area contributed by atoms with Crippen LogP contribution in [0.5, 0.6) is 0 Å². The van der Waals surface area contributed by atoms with E-state index in [1.54, 1.807) is 12.3 Å². The van der Waals surface area contributed by atoms with Crippen molar-refractivity contribution in [1.82, 2.24) is 15.2 Å². The van der Waals surface area contributed by atoms with Crippen LogP contribution in [0.4, 0.5) is 0 Å². The first-order chi connectivity index (χ1) is 9.02. The van der Waals surface area contributed by atoms with Crippen molar-refractivity contribution in [3.05, 3.63) is 20.7 Å². The zero-order valence-corrected chi connectivity index (χ0v) is 11.8. The van der Waals surface area contributed by atoms with Gasteiger partial charge in [0, 0.05) is 11.1 Å². The van der Waals surface area contributed by atoms with Crippen molar-refractivity contribution >= 4 is 23.2 Å². The normalized spacial score (nSPS) is 23.6. The molecule has 0 aromatic carbocycles. The summed E-state index contributed by atoms with van der Waals surface area (Å²) in [7, 11) is 0. The lowest BCUT2D eigenvalue weighted by Crippen LogP contribution is -2.61. The van der Waals surface area contributed by atoms with Gasteiger partial charge in [-0.1, -0.05) is 24.7 Å². The van der Waals surface area contributed by atoms with Gasteiger partial charge in [-0.2, -0.15) is 0 Å². The molecule has 0 bridgehead atoms. The standard InChI is InChI=1S/C12H17N3O3S/c1-3-4-9-11(17)15(7(2)10(16)14-9)5-8-6-19-12(18)13-8/h6-7,9H,3-5H2,1-2H3,(H,13,18)(H,14,16). The molecule has 2 N–H and O–H groups in total. The maximum absolute atomic E-state index is 12.3. The third-order valence-corrected chi connectivity index (χ3v) is 3.95. The van der Waals surface area contributed by atoms with Gasteiger partial charge in [-0.25, -0.2) is 0 Å². The van der Waals surface area contributed by atoms with Crippen molar-refractivity contribution in [2.75, 3.05) is 0 Å². The average molecular weight is 283 g/mol. The first kappa shape index (κ1) is 13.8. The molecule has 0 saturated carbocycles. The van der Waals surface area contributed by atoms with Gasteiger partial charge in [-0.05, 0) is 13.3 Å². The van der Waals surface area contributed by atoms with Crippen molar-refractivity contribution in [2.45, 2.75) is 45.3 Å². The van der Waals surface area contributed by atoms with E-state index in [-0.39, 0.29) is 23.2 Å². The van der Waals surface area contributed by atoms with Gasteiger partial charge in [-0.15, -0.1) is 0 Å². The molecular formula is C12H17N3O3S. The fourth-order valence-corrected chi connectivity index (χ4v) is 2.73. The maximum Gasteiger partial charge on any atom is 0.304 e. The number of hydrogen-bond donors (Lipinski definition) is 2. The minimum Gasteiger partial charge on any atom is -0.343 e. The van der Waals surface area contributed by atoms with Gasteiger partial charge in [0.15, 0.2) is 0 Å².